The van der Waals surface area contributed by atoms with E-state index in [-0.39, 0.29) is 17.4 Å². The number of aromatic nitrogens is 3. The molecule has 0 aliphatic carbocycles. The van der Waals surface area contributed by atoms with Crippen LogP contribution in [0.1, 0.15) is 0 Å². The Morgan fingerprint density at radius 2 is 1.45 bits per heavy atom. The van der Waals surface area contributed by atoms with Crippen molar-refractivity contribution in [2.24, 2.45) is 0 Å². The topological polar surface area (TPSA) is 77.0 Å². The van der Waals surface area contributed by atoms with E-state index in [9.17, 15) is 13.6 Å². The number of rotatable bonds is 8. The predicted molar refractivity (Wildman–Crippen MR) is 123 cm³/mol. The monoisotopic (exact) mass is 464 g/mol. The smallest absolute Gasteiger partial charge is 0.387 e. The van der Waals surface area contributed by atoms with Crippen LogP contribution in [0.5, 0.6) is 5.75 Å². The maximum atomic E-state index is 12.3. The molecule has 0 atom stereocenters. The van der Waals surface area contributed by atoms with Crippen molar-refractivity contribution in [3.05, 3.63) is 84.9 Å². The quantitative estimate of drug-likeness (QED) is 0.345. The van der Waals surface area contributed by atoms with Gasteiger partial charge in [-0.25, -0.2) is 4.98 Å². The molecule has 1 amide bonds. The number of carbonyl (C=O) groups is 1. The molecule has 0 aliphatic heterocycles. The molecular weight excluding hydrogens is 446 g/mol. The summed E-state index contributed by atoms with van der Waals surface area (Å²) in [6.45, 7) is -2.90. The summed E-state index contributed by atoms with van der Waals surface area (Å²) in [7, 11) is 0. The van der Waals surface area contributed by atoms with E-state index in [1.54, 1.807) is 0 Å². The number of carbonyl (C=O) groups excluding carboxylic acids is 1. The largest absolute Gasteiger partial charge is 0.435 e. The lowest BCUT2D eigenvalue weighted by Gasteiger charge is -2.10. The van der Waals surface area contributed by atoms with Crippen LogP contribution in [0.2, 0.25) is 0 Å². The molecule has 3 aromatic carbocycles. The maximum Gasteiger partial charge on any atom is 0.387 e. The van der Waals surface area contributed by atoms with Crippen LogP contribution in [0.15, 0.2) is 90.1 Å². The average molecular weight is 464 g/mol. The minimum Gasteiger partial charge on any atom is -0.435 e. The second kappa shape index (κ2) is 10.6. The highest BCUT2D eigenvalue weighted by Gasteiger charge is 2.15. The second-order valence-corrected chi connectivity index (χ2v) is 7.71. The minimum atomic E-state index is -2.90. The second-order valence-electron chi connectivity index (χ2n) is 6.76. The highest BCUT2D eigenvalue weighted by Crippen LogP contribution is 2.29. The number of nitrogens with zero attached hydrogens (tertiary/aromatic N) is 3. The number of hydrogen-bond donors (Lipinski definition) is 1. The number of thioether (sulfide) groups is 1. The molecule has 0 spiro atoms. The van der Waals surface area contributed by atoms with Gasteiger partial charge in [-0.3, -0.25) is 4.79 Å². The van der Waals surface area contributed by atoms with Gasteiger partial charge in [0.05, 0.1) is 5.75 Å². The van der Waals surface area contributed by atoms with Crippen molar-refractivity contribution < 1.29 is 18.3 Å². The Hall–Kier alpha value is -3.85. The third-order valence-corrected chi connectivity index (χ3v) is 5.30. The third-order valence-electron chi connectivity index (χ3n) is 4.46. The van der Waals surface area contributed by atoms with Gasteiger partial charge in [-0.1, -0.05) is 72.4 Å². The van der Waals surface area contributed by atoms with E-state index in [2.05, 4.69) is 25.2 Å². The number of nitrogens with one attached hydrogen (secondary N) is 1. The molecule has 4 rings (SSSR count). The molecule has 0 bridgehead atoms. The number of halogens is 2. The van der Waals surface area contributed by atoms with Crippen molar-refractivity contribution >= 4 is 23.4 Å². The molecule has 1 aromatic heterocycles. The molecule has 1 heterocycles. The van der Waals surface area contributed by atoms with E-state index in [1.165, 1.54) is 24.3 Å². The lowest BCUT2D eigenvalue weighted by atomic mass is 10.0. The van der Waals surface area contributed by atoms with Gasteiger partial charge in [0.2, 0.25) is 11.1 Å². The zero-order chi connectivity index (χ0) is 23.0. The fourth-order valence-electron chi connectivity index (χ4n) is 3.01. The van der Waals surface area contributed by atoms with Gasteiger partial charge >= 0.3 is 6.61 Å². The van der Waals surface area contributed by atoms with E-state index >= 15 is 0 Å². The number of anilines is 1. The summed E-state index contributed by atoms with van der Waals surface area (Å²) in [5, 5.41) is 11.6. The summed E-state index contributed by atoms with van der Waals surface area (Å²) in [4.78, 5) is 17.0. The fraction of sp³-hybridized carbons (Fsp3) is 0.0833. The first-order valence-electron chi connectivity index (χ1n) is 9.91. The van der Waals surface area contributed by atoms with Crippen molar-refractivity contribution in [3.63, 3.8) is 0 Å². The van der Waals surface area contributed by atoms with E-state index < -0.39 is 6.61 Å². The van der Waals surface area contributed by atoms with Gasteiger partial charge in [0, 0.05) is 16.8 Å². The average Bonchev–Trinajstić information content (AvgIpc) is 2.84. The number of amides is 1. The van der Waals surface area contributed by atoms with Crippen molar-refractivity contribution in [1.29, 1.82) is 0 Å². The van der Waals surface area contributed by atoms with Crippen molar-refractivity contribution in [2.45, 2.75) is 11.8 Å². The van der Waals surface area contributed by atoms with Crippen molar-refractivity contribution in [3.8, 4) is 28.3 Å². The Morgan fingerprint density at radius 1 is 0.848 bits per heavy atom. The van der Waals surface area contributed by atoms with Crippen molar-refractivity contribution in [1.82, 2.24) is 15.2 Å². The summed E-state index contributed by atoms with van der Waals surface area (Å²) >= 11 is 1.15. The van der Waals surface area contributed by atoms with Gasteiger partial charge in [-0.15, -0.1) is 10.2 Å². The normalized spacial score (nSPS) is 10.8. The molecule has 33 heavy (non-hydrogen) atoms. The van der Waals surface area contributed by atoms with Gasteiger partial charge in [0.25, 0.3) is 0 Å². The highest BCUT2D eigenvalue weighted by atomic mass is 32.2. The molecule has 6 nitrogen and oxygen atoms in total. The van der Waals surface area contributed by atoms with Crippen molar-refractivity contribution in [2.75, 3.05) is 11.1 Å². The SMILES string of the molecule is O=C(CSc1nnc(-c2ccccc2)c(-c2ccccc2)n1)Nc1ccc(OC(F)F)cc1. The lowest BCUT2D eigenvalue weighted by molar-refractivity contribution is -0.113. The summed E-state index contributed by atoms with van der Waals surface area (Å²) < 4.78 is 28.8. The molecule has 0 saturated carbocycles. The van der Waals surface area contributed by atoms with Crippen LogP contribution in [-0.4, -0.2) is 33.5 Å². The molecule has 0 aliphatic rings. The molecule has 0 saturated heterocycles. The number of ether oxygens (including phenoxy) is 1. The van der Waals surface area contributed by atoms with Gasteiger partial charge in [-0.2, -0.15) is 8.78 Å². The van der Waals surface area contributed by atoms with E-state index in [1.807, 2.05) is 60.7 Å². The fourth-order valence-corrected chi connectivity index (χ4v) is 3.59. The summed E-state index contributed by atoms with van der Waals surface area (Å²) in [6, 6.07) is 25.0. The Bertz CT molecular complexity index is 1210. The maximum absolute atomic E-state index is 12.3. The van der Waals surface area contributed by atoms with Crippen LogP contribution in [0, 0.1) is 0 Å². The van der Waals surface area contributed by atoms with Crippen LogP contribution >= 0.6 is 11.8 Å². The summed E-state index contributed by atoms with van der Waals surface area (Å²) in [5.41, 5.74) is 3.58. The molecule has 166 valence electrons. The molecule has 4 aromatic rings. The lowest BCUT2D eigenvalue weighted by Crippen LogP contribution is -2.14. The number of benzene rings is 3. The first kappa shape index (κ1) is 22.3. The number of hydrogen-bond acceptors (Lipinski definition) is 6. The molecule has 0 fully saturated rings. The summed E-state index contributed by atoms with van der Waals surface area (Å²) in [5.74, 6) is -0.223. The van der Waals surface area contributed by atoms with Crippen LogP contribution in [-0.2, 0) is 4.79 Å². The Balaban J connectivity index is 1.46. The van der Waals surface area contributed by atoms with Crippen LogP contribution in [0.4, 0.5) is 14.5 Å². The van der Waals surface area contributed by atoms with E-state index in [0.717, 1.165) is 22.9 Å². The van der Waals surface area contributed by atoms with Gasteiger partial charge < -0.3 is 10.1 Å². The molecule has 0 radical (unpaired) electrons. The first-order chi connectivity index (χ1) is 16.1. The van der Waals surface area contributed by atoms with E-state index in [4.69, 9.17) is 0 Å². The zero-order valence-electron chi connectivity index (χ0n) is 17.2. The van der Waals surface area contributed by atoms with E-state index in [0.29, 0.717) is 22.2 Å². The molecule has 1 N–H and O–H groups in total. The zero-order valence-corrected chi connectivity index (χ0v) is 18.0. The minimum absolute atomic E-state index is 0.0174. The van der Waals surface area contributed by atoms with Gasteiger partial charge in [0.1, 0.15) is 17.1 Å². The van der Waals surface area contributed by atoms with Gasteiger partial charge in [-0.05, 0) is 24.3 Å². The summed E-state index contributed by atoms with van der Waals surface area (Å²) in [6.07, 6.45) is 0. The third kappa shape index (κ3) is 6.11. The van der Waals surface area contributed by atoms with Crippen LogP contribution in [0.25, 0.3) is 22.5 Å². The first-order valence-corrected chi connectivity index (χ1v) is 10.9. The van der Waals surface area contributed by atoms with Crippen LogP contribution < -0.4 is 10.1 Å². The highest BCUT2D eigenvalue weighted by molar-refractivity contribution is 7.99. The standard InChI is InChI=1S/C24H18F2N4O2S/c25-23(26)32-19-13-11-18(12-14-19)27-20(31)15-33-24-28-21(16-7-3-1-4-8-16)22(29-30-24)17-9-5-2-6-10-17/h1-14,23H,15H2,(H,27,31). The van der Waals surface area contributed by atoms with Crippen LogP contribution in [0.3, 0.4) is 0 Å². The van der Waals surface area contributed by atoms with Gasteiger partial charge in [0.15, 0.2) is 0 Å². The Kier molecular flexibility index (Phi) is 7.21. The molecular formula is C24H18F2N4O2S. The Morgan fingerprint density at radius 3 is 2.06 bits per heavy atom. The predicted octanol–water partition coefficient (Wildman–Crippen LogP) is 5.54. The molecule has 9 heteroatoms. The Labute approximate surface area is 193 Å². The molecule has 0 unspecified atom stereocenters. The number of alkyl halides is 2.